The lowest BCUT2D eigenvalue weighted by atomic mass is 9.94. The number of aromatic hydroxyl groups is 1. The van der Waals surface area contributed by atoms with Crippen LogP contribution in [0.5, 0.6) is 5.75 Å². The molecular weight excluding hydrogens is 453 g/mol. The average Bonchev–Trinajstić information content (AvgIpc) is 2.83. The number of piperazine rings is 1. The van der Waals surface area contributed by atoms with Crippen LogP contribution in [0.3, 0.4) is 0 Å². The Hall–Kier alpha value is -3.50. The summed E-state index contributed by atoms with van der Waals surface area (Å²) >= 11 is 0. The maximum atomic E-state index is 13.0. The van der Waals surface area contributed by atoms with Gasteiger partial charge in [-0.25, -0.2) is 0 Å². The van der Waals surface area contributed by atoms with Crippen LogP contribution in [0.15, 0.2) is 42.5 Å². The molecule has 8 nitrogen and oxygen atoms in total. The maximum absolute atomic E-state index is 13.0. The zero-order chi connectivity index (χ0) is 24.5. The Morgan fingerprint density at radius 2 is 1.56 bits per heavy atom. The van der Waals surface area contributed by atoms with E-state index in [2.05, 4.69) is 4.90 Å². The van der Waals surface area contributed by atoms with Crippen molar-refractivity contribution in [3.05, 3.63) is 58.1 Å². The highest BCUT2D eigenvalue weighted by Gasteiger charge is 2.35. The van der Waals surface area contributed by atoms with Gasteiger partial charge in [-0.2, -0.15) is 13.2 Å². The van der Waals surface area contributed by atoms with Crippen molar-refractivity contribution in [1.82, 2.24) is 4.90 Å². The lowest BCUT2D eigenvalue weighted by molar-refractivity contribution is -0.384. The lowest BCUT2D eigenvalue weighted by Crippen LogP contribution is -2.51. The van der Waals surface area contributed by atoms with E-state index in [0.29, 0.717) is 58.2 Å². The minimum atomic E-state index is -4.66. The highest BCUT2D eigenvalue weighted by Crippen LogP contribution is 2.38. The normalized spacial score (nSPS) is 17.7. The van der Waals surface area contributed by atoms with Gasteiger partial charge >= 0.3 is 6.18 Å². The zero-order valence-electron chi connectivity index (χ0n) is 18.4. The SMILES string of the molecule is O=C(C1CCN(c2ccc(C(F)(F)F)cc2[N+](=O)[O-])CC1)N1CCN(c2ccc(O)cc2)CC1. The van der Waals surface area contributed by atoms with E-state index < -0.39 is 22.4 Å². The summed E-state index contributed by atoms with van der Waals surface area (Å²) < 4.78 is 38.9. The lowest BCUT2D eigenvalue weighted by Gasteiger charge is -2.39. The molecule has 34 heavy (non-hydrogen) atoms. The fourth-order valence-corrected chi connectivity index (χ4v) is 4.59. The molecule has 0 unspecified atom stereocenters. The van der Waals surface area contributed by atoms with Gasteiger partial charge in [0.2, 0.25) is 5.91 Å². The molecule has 0 atom stereocenters. The van der Waals surface area contributed by atoms with Crippen LogP contribution in [0.25, 0.3) is 0 Å². The van der Waals surface area contributed by atoms with E-state index >= 15 is 0 Å². The van der Waals surface area contributed by atoms with Crippen molar-refractivity contribution >= 4 is 23.0 Å². The van der Waals surface area contributed by atoms with Crippen LogP contribution >= 0.6 is 0 Å². The Bertz CT molecular complexity index is 1050. The van der Waals surface area contributed by atoms with Crippen molar-refractivity contribution in [2.75, 3.05) is 49.1 Å². The molecular formula is C23H25F3N4O4. The van der Waals surface area contributed by atoms with E-state index in [-0.39, 0.29) is 23.3 Å². The number of phenolic OH excluding ortho intramolecular Hbond substituents is 1. The minimum absolute atomic E-state index is 0.0481. The summed E-state index contributed by atoms with van der Waals surface area (Å²) in [4.78, 5) is 29.3. The number of carbonyl (C=O) groups excluding carboxylic acids is 1. The van der Waals surface area contributed by atoms with Crippen LogP contribution in [0.1, 0.15) is 18.4 Å². The van der Waals surface area contributed by atoms with Crippen molar-refractivity contribution in [2.24, 2.45) is 5.92 Å². The van der Waals surface area contributed by atoms with Gasteiger partial charge in [-0.15, -0.1) is 0 Å². The van der Waals surface area contributed by atoms with Crippen molar-refractivity contribution in [3.8, 4) is 5.75 Å². The molecule has 2 saturated heterocycles. The summed E-state index contributed by atoms with van der Waals surface area (Å²) in [6.45, 7) is 3.21. The molecule has 2 aromatic carbocycles. The first-order valence-electron chi connectivity index (χ1n) is 11.1. The van der Waals surface area contributed by atoms with Crippen LogP contribution in [0, 0.1) is 16.0 Å². The van der Waals surface area contributed by atoms with Gasteiger partial charge in [0.25, 0.3) is 5.69 Å². The van der Waals surface area contributed by atoms with Crippen LogP contribution in [0.2, 0.25) is 0 Å². The number of nitrogens with zero attached hydrogens (tertiary/aromatic N) is 4. The molecule has 0 spiro atoms. The summed E-state index contributed by atoms with van der Waals surface area (Å²) in [6.07, 6.45) is -3.70. The number of anilines is 2. The largest absolute Gasteiger partial charge is 0.508 e. The highest BCUT2D eigenvalue weighted by molar-refractivity contribution is 5.79. The second-order valence-corrected chi connectivity index (χ2v) is 8.55. The molecule has 2 heterocycles. The first kappa shape index (κ1) is 23.7. The van der Waals surface area contributed by atoms with Crippen LogP contribution in [-0.4, -0.2) is 60.1 Å². The van der Waals surface area contributed by atoms with Gasteiger partial charge in [0, 0.05) is 56.9 Å². The number of nitro benzene ring substituents is 1. The Morgan fingerprint density at radius 1 is 0.941 bits per heavy atom. The number of hydrogen-bond acceptors (Lipinski definition) is 6. The van der Waals surface area contributed by atoms with Gasteiger partial charge in [0.15, 0.2) is 0 Å². The molecule has 2 aliphatic rings. The third-order valence-corrected chi connectivity index (χ3v) is 6.49. The predicted octanol–water partition coefficient (Wildman–Crippen LogP) is 3.88. The number of amides is 1. The summed E-state index contributed by atoms with van der Waals surface area (Å²) in [6, 6.07) is 9.49. The molecule has 0 radical (unpaired) electrons. The van der Waals surface area contributed by atoms with E-state index in [4.69, 9.17) is 0 Å². The summed E-state index contributed by atoms with van der Waals surface area (Å²) in [5.74, 6) is 0.0300. The van der Waals surface area contributed by atoms with Crippen LogP contribution < -0.4 is 9.80 Å². The highest BCUT2D eigenvalue weighted by atomic mass is 19.4. The van der Waals surface area contributed by atoms with E-state index in [0.717, 1.165) is 17.8 Å². The third-order valence-electron chi connectivity index (χ3n) is 6.49. The molecule has 0 bridgehead atoms. The molecule has 2 fully saturated rings. The molecule has 1 N–H and O–H groups in total. The van der Waals surface area contributed by atoms with Gasteiger partial charge in [-0.3, -0.25) is 14.9 Å². The Morgan fingerprint density at radius 3 is 2.12 bits per heavy atom. The molecule has 2 aliphatic heterocycles. The zero-order valence-corrected chi connectivity index (χ0v) is 18.4. The first-order valence-corrected chi connectivity index (χ1v) is 11.1. The van der Waals surface area contributed by atoms with E-state index in [1.807, 2.05) is 17.0 Å². The smallest absolute Gasteiger partial charge is 0.416 e. The number of phenols is 1. The van der Waals surface area contributed by atoms with Gasteiger partial charge in [0.1, 0.15) is 11.4 Å². The van der Waals surface area contributed by atoms with E-state index in [1.54, 1.807) is 17.0 Å². The molecule has 182 valence electrons. The number of piperidine rings is 1. The molecule has 11 heteroatoms. The number of alkyl halides is 3. The fourth-order valence-electron chi connectivity index (χ4n) is 4.59. The van der Waals surface area contributed by atoms with Crippen molar-refractivity contribution in [2.45, 2.75) is 19.0 Å². The number of carbonyl (C=O) groups is 1. The topological polar surface area (TPSA) is 90.2 Å². The first-order chi connectivity index (χ1) is 16.1. The van der Waals surface area contributed by atoms with Crippen LogP contribution in [-0.2, 0) is 11.0 Å². The molecule has 1 amide bonds. The van der Waals surface area contributed by atoms with Gasteiger partial charge in [-0.05, 0) is 49.2 Å². The Labute approximate surface area is 194 Å². The number of nitro groups is 1. The van der Waals surface area contributed by atoms with Gasteiger partial charge < -0.3 is 19.8 Å². The summed E-state index contributed by atoms with van der Waals surface area (Å²) in [7, 11) is 0. The van der Waals surface area contributed by atoms with Crippen LogP contribution in [0.4, 0.5) is 30.2 Å². The molecule has 0 saturated carbocycles. The second kappa shape index (κ2) is 9.40. The van der Waals surface area contributed by atoms with E-state index in [9.17, 15) is 33.2 Å². The predicted molar refractivity (Wildman–Crippen MR) is 120 cm³/mol. The fraction of sp³-hybridized carbons (Fsp3) is 0.435. The molecule has 0 aliphatic carbocycles. The van der Waals surface area contributed by atoms with Crippen molar-refractivity contribution in [1.29, 1.82) is 0 Å². The maximum Gasteiger partial charge on any atom is 0.416 e. The monoisotopic (exact) mass is 478 g/mol. The number of benzene rings is 2. The van der Waals surface area contributed by atoms with Gasteiger partial charge in [0.05, 0.1) is 10.5 Å². The number of hydrogen-bond donors (Lipinski definition) is 1. The molecule has 2 aromatic rings. The Balaban J connectivity index is 1.35. The number of rotatable bonds is 4. The third kappa shape index (κ3) is 5.02. The summed E-state index contributed by atoms with van der Waals surface area (Å²) in [5.41, 5.74) is -0.507. The number of halogens is 3. The van der Waals surface area contributed by atoms with Gasteiger partial charge in [-0.1, -0.05) is 0 Å². The van der Waals surface area contributed by atoms with E-state index in [1.165, 1.54) is 0 Å². The quantitative estimate of drug-likeness (QED) is 0.530. The standard InChI is InChI=1S/C23H25F3N4O4/c24-23(25,26)17-1-6-20(21(15-17)30(33)34)28-9-7-16(8-10-28)22(32)29-13-11-27(12-14-29)18-2-4-19(31)5-3-18/h1-6,15-16,31H,7-14H2. The second-order valence-electron chi connectivity index (χ2n) is 8.55. The molecule has 0 aromatic heterocycles. The van der Waals surface area contributed by atoms with Crippen molar-refractivity contribution < 1.29 is 28.0 Å². The molecule has 4 rings (SSSR count). The van der Waals surface area contributed by atoms with Crippen molar-refractivity contribution in [3.63, 3.8) is 0 Å². The Kier molecular flexibility index (Phi) is 6.54. The summed E-state index contributed by atoms with van der Waals surface area (Å²) in [5, 5.41) is 20.8. The minimum Gasteiger partial charge on any atom is -0.508 e. The average molecular weight is 478 g/mol.